The first-order chi connectivity index (χ1) is 9.28. The van der Waals surface area contributed by atoms with Gasteiger partial charge in [-0.2, -0.15) is 0 Å². The molecule has 1 saturated heterocycles. The fourth-order valence-corrected chi connectivity index (χ4v) is 3.58. The molecule has 3 heteroatoms. The monoisotopic (exact) mass is 259 g/mol. The third-order valence-electron chi connectivity index (χ3n) is 4.50. The Morgan fingerprint density at radius 2 is 2.00 bits per heavy atom. The van der Waals surface area contributed by atoms with Gasteiger partial charge in [0.25, 0.3) is 0 Å². The van der Waals surface area contributed by atoms with Gasteiger partial charge in [0.2, 0.25) is 0 Å². The molecule has 2 aliphatic rings. The lowest BCUT2D eigenvalue weighted by atomic mass is 10.0. The van der Waals surface area contributed by atoms with Crippen molar-refractivity contribution >= 4 is 5.97 Å². The highest BCUT2D eigenvalue weighted by atomic mass is 16.5. The van der Waals surface area contributed by atoms with Gasteiger partial charge in [0, 0.05) is 12.1 Å². The van der Waals surface area contributed by atoms with Crippen LogP contribution in [0.1, 0.15) is 38.2 Å². The molecule has 0 N–H and O–H groups in total. The van der Waals surface area contributed by atoms with Crippen molar-refractivity contribution < 1.29 is 9.53 Å². The largest absolute Gasteiger partial charge is 0.465 e. The second-order valence-electron chi connectivity index (χ2n) is 5.58. The van der Waals surface area contributed by atoms with Gasteiger partial charge in [-0.15, -0.1) is 0 Å². The first-order valence-electron chi connectivity index (χ1n) is 7.25. The standard InChI is InChI=1S/C16H21NO2/c1-2-19-15(18)14-16(10-6-7-11-16)17(14)12-13-8-4-3-5-9-13/h3-5,8-9,14H,2,6-7,10-12H2,1H3. The molecule has 1 saturated carbocycles. The maximum absolute atomic E-state index is 12.1. The predicted octanol–water partition coefficient (Wildman–Crippen LogP) is 2.75. The van der Waals surface area contributed by atoms with Crippen molar-refractivity contribution in [2.45, 2.75) is 50.7 Å². The lowest BCUT2D eigenvalue weighted by molar-refractivity contribution is -0.143. The summed E-state index contributed by atoms with van der Waals surface area (Å²) < 4.78 is 5.24. The van der Waals surface area contributed by atoms with Crippen LogP contribution in [0.4, 0.5) is 0 Å². The van der Waals surface area contributed by atoms with Gasteiger partial charge in [-0.1, -0.05) is 43.2 Å². The molecular formula is C16H21NO2. The molecule has 2 unspecified atom stereocenters. The molecule has 1 aromatic rings. The van der Waals surface area contributed by atoms with Crippen LogP contribution in [0.25, 0.3) is 0 Å². The fraction of sp³-hybridized carbons (Fsp3) is 0.562. The predicted molar refractivity (Wildman–Crippen MR) is 73.6 cm³/mol. The maximum atomic E-state index is 12.1. The quantitative estimate of drug-likeness (QED) is 0.615. The third-order valence-corrected chi connectivity index (χ3v) is 4.50. The zero-order chi connectivity index (χ0) is 13.3. The van der Waals surface area contributed by atoms with E-state index in [1.54, 1.807) is 0 Å². The molecule has 1 heterocycles. The van der Waals surface area contributed by atoms with Crippen LogP contribution in [0.15, 0.2) is 30.3 Å². The molecule has 1 aliphatic heterocycles. The van der Waals surface area contributed by atoms with E-state index < -0.39 is 0 Å². The van der Waals surface area contributed by atoms with Gasteiger partial charge in [0.05, 0.1) is 6.61 Å². The molecule has 1 spiro atoms. The van der Waals surface area contributed by atoms with Gasteiger partial charge in [0.15, 0.2) is 0 Å². The van der Waals surface area contributed by atoms with E-state index in [1.165, 1.54) is 18.4 Å². The number of carbonyl (C=O) groups is 1. The lowest BCUT2D eigenvalue weighted by Crippen LogP contribution is -2.19. The molecule has 1 aliphatic carbocycles. The smallest absolute Gasteiger partial charge is 0.325 e. The number of ether oxygens (including phenoxy) is 1. The number of hydrogen-bond donors (Lipinski definition) is 0. The molecule has 2 atom stereocenters. The van der Waals surface area contributed by atoms with Gasteiger partial charge >= 0.3 is 5.97 Å². The van der Waals surface area contributed by atoms with Crippen molar-refractivity contribution in [2.24, 2.45) is 0 Å². The summed E-state index contributed by atoms with van der Waals surface area (Å²) in [5.41, 5.74) is 1.39. The molecule has 3 rings (SSSR count). The van der Waals surface area contributed by atoms with E-state index in [0.717, 1.165) is 19.4 Å². The van der Waals surface area contributed by atoms with Crippen molar-refractivity contribution in [1.82, 2.24) is 4.90 Å². The van der Waals surface area contributed by atoms with E-state index in [9.17, 15) is 4.79 Å². The Bertz CT molecular complexity index is 451. The number of carbonyl (C=O) groups excluding carboxylic acids is 1. The molecular weight excluding hydrogens is 238 g/mol. The Morgan fingerprint density at radius 1 is 1.32 bits per heavy atom. The van der Waals surface area contributed by atoms with E-state index in [-0.39, 0.29) is 17.6 Å². The molecule has 3 nitrogen and oxygen atoms in total. The lowest BCUT2D eigenvalue weighted by Gasteiger charge is -2.09. The van der Waals surface area contributed by atoms with Gasteiger partial charge in [-0.25, -0.2) is 0 Å². The molecule has 0 aromatic heterocycles. The molecule has 102 valence electrons. The van der Waals surface area contributed by atoms with Crippen molar-refractivity contribution in [3.63, 3.8) is 0 Å². The topological polar surface area (TPSA) is 29.3 Å². The van der Waals surface area contributed by atoms with Crippen LogP contribution in [-0.4, -0.2) is 29.1 Å². The van der Waals surface area contributed by atoms with Crippen molar-refractivity contribution in [3.05, 3.63) is 35.9 Å². The summed E-state index contributed by atoms with van der Waals surface area (Å²) in [6.07, 6.45) is 4.76. The van der Waals surface area contributed by atoms with Crippen LogP contribution in [0.2, 0.25) is 0 Å². The second-order valence-corrected chi connectivity index (χ2v) is 5.58. The fourth-order valence-electron chi connectivity index (χ4n) is 3.58. The summed E-state index contributed by atoms with van der Waals surface area (Å²) >= 11 is 0. The van der Waals surface area contributed by atoms with Gasteiger partial charge in [-0.3, -0.25) is 9.69 Å². The summed E-state index contributed by atoms with van der Waals surface area (Å²) in [5, 5.41) is 0. The van der Waals surface area contributed by atoms with Gasteiger partial charge in [-0.05, 0) is 25.3 Å². The first-order valence-corrected chi connectivity index (χ1v) is 7.25. The van der Waals surface area contributed by atoms with Crippen LogP contribution in [0.3, 0.4) is 0 Å². The highest BCUT2D eigenvalue weighted by Crippen LogP contribution is 2.54. The number of rotatable bonds is 4. The summed E-state index contributed by atoms with van der Waals surface area (Å²) in [6, 6.07) is 10.4. The Labute approximate surface area is 114 Å². The minimum Gasteiger partial charge on any atom is -0.465 e. The van der Waals surface area contributed by atoms with Crippen LogP contribution < -0.4 is 0 Å². The number of hydrogen-bond acceptors (Lipinski definition) is 3. The van der Waals surface area contributed by atoms with Crippen molar-refractivity contribution in [2.75, 3.05) is 6.61 Å². The summed E-state index contributed by atoms with van der Waals surface area (Å²) in [5.74, 6) is -0.0275. The summed E-state index contributed by atoms with van der Waals surface area (Å²) in [6.45, 7) is 3.22. The van der Waals surface area contributed by atoms with E-state index in [1.807, 2.05) is 13.0 Å². The highest BCUT2D eigenvalue weighted by molar-refractivity contribution is 5.82. The zero-order valence-corrected chi connectivity index (χ0v) is 11.5. The minimum absolute atomic E-state index is 0.00449. The Hall–Kier alpha value is -1.35. The van der Waals surface area contributed by atoms with E-state index >= 15 is 0 Å². The number of benzene rings is 1. The Balaban J connectivity index is 1.74. The minimum atomic E-state index is -0.0275. The van der Waals surface area contributed by atoms with E-state index in [2.05, 4.69) is 29.2 Å². The average molecular weight is 259 g/mol. The van der Waals surface area contributed by atoms with Crippen molar-refractivity contribution in [1.29, 1.82) is 0 Å². The summed E-state index contributed by atoms with van der Waals surface area (Å²) in [7, 11) is 0. The van der Waals surface area contributed by atoms with Crippen molar-refractivity contribution in [3.8, 4) is 0 Å². The zero-order valence-electron chi connectivity index (χ0n) is 11.5. The van der Waals surface area contributed by atoms with E-state index in [0.29, 0.717) is 6.61 Å². The highest BCUT2D eigenvalue weighted by Gasteiger charge is 2.67. The maximum Gasteiger partial charge on any atom is 0.325 e. The molecule has 1 aromatic carbocycles. The van der Waals surface area contributed by atoms with Crippen LogP contribution in [0.5, 0.6) is 0 Å². The van der Waals surface area contributed by atoms with Crippen LogP contribution >= 0.6 is 0 Å². The molecule has 0 amide bonds. The SMILES string of the molecule is CCOC(=O)C1N(Cc2ccccc2)C12CCCC2. The molecule has 0 radical (unpaired) electrons. The van der Waals surface area contributed by atoms with E-state index in [4.69, 9.17) is 4.74 Å². The molecule has 19 heavy (non-hydrogen) atoms. The number of nitrogens with zero attached hydrogens (tertiary/aromatic N) is 1. The third kappa shape index (κ3) is 2.16. The molecule has 2 fully saturated rings. The first kappa shape index (κ1) is 12.7. The second kappa shape index (κ2) is 4.97. The number of esters is 1. The average Bonchev–Trinajstić information content (AvgIpc) is 2.79. The van der Waals surface area contributed by atoms with Gasteiger partial charge < -0.3 is 4.74 Å². The van der Waals surface area contributed by atoms with Gasteiger partial charge in [0.1, 0.15) is 6.04 Å². The molecule has 0 bridgehead atoms. The summed E-state index contributed by atoms with van der Waals surface area (Å²) in [4.78, 5) is 14.4. The Kier molecular flexibility index (Phi) is 3.31. The Morgan fingerprint density at radius 3 is 2.63 bits per heavy atom. The van der Waals surface area contributed by atoms with Crippen LogP contribution in [-0.2, 0) is 16.1 Å². The normalized spacial score (nSPS) is 27.4. The van der Waals surface area contributed by atoms with Crippen LogP contribution in [0, 0.1) is 0 Å².